The predicted molar refractivity (Wildman–Crippen MR) is 141 cm³/mol. The van der Waals surface area contributed by atoms with Crippen molar-refractivity contribution in [2.75, 3.05) is 5.32 Å². The van der Waals surface area contributed by atoms with E-state index >= 15 is 0 Å². The number of para-hydroxylation sites is 1. The van der Waals surface area contributed by atoms with E-state index in [1.54, 1.807) is 0 Å². The Hall–Kier alpha value is -4.37. The van der Waals surface area contributed by atoms with Crippen LogP contribution in [0, 0.1) is 13.8 Å². The summed E-state index contributed by atoms with van der Waals surface area (Å²) in [5.74, 6) is 0. The number of rotatable bonds is 1. The molecule has 3 heteroatoms. The first kappa shape index (κ1) is 19.1. The van der Waals surface area contributed by atoms with Crippen LogP contribution in [0.4, 0.5) is 11.4 Å². The lowest BCUT2D eigenvalue weighted by atomic mass is 9.88. The van der Waals surface area contributed by atoms with Gasteiger partial charge in [-0.15, -0.1) is 0 Å². The number of aromatic nitrogens is 1. The van der Waals surface area contributed by atoms with Crippen molar-refractivity contribution in [3.8, 4) is 33.5 Å². The van der Waals surface area contributed by atoms with Crippen molar-refractivity contribution in [3.63, 3.8) is 0 Å². The Balaban J connectivity index is 1.50. The lowest BCUT2D eigenvalue weighted by molar-refractivity contribution is 0.670. The average Bonchev–Trinajstić information content (AvgIpc) is 3.24. The standard InChI is InChI=1S/C31H22N2O/c1-18-10-13-26(32-17-18)20-11-14-27-25(16-20)21-7-5-8-22(19(21)2)30-28(33-27)15-12-24-23-6-3-4-9-29(23)34-31(24)30/h3-17,33H,1-2H3. The molecule has 2 bridgehead atoms. The number of hydrogen-bond donors (Lipinski definition) is 1. The molecule has 162 valence electrons. The summed E-state index contributed by atoms with van der Waals surface area (Å²) in [5, 5.41) is 6.01. The zero-order valence-corrected chi connectivity index (χ0v) is 19.0. The van der Waals surface area contributed by atoms with Gasteiger partial charge in [-0.3, -0.25) is 4.98 Å². The van der Waals surface area contributed by atoms with Gasteiger partial charge in [-0.2, -0.15) is 0 Å². The number of nitrogens with zero attached hydrogens (tertiary/aromatic N) is 1. The Kier molecular flexibility index (Phi) is 3.97. The molecule has 2 aromatic heterocycles. The quantitative estimate of drug-likeness (QED) is 0.279. The lowest BCUT2D eigenvalue weighted by Crippen LogP contribution is -2.02. The minimum absolute atomic E-state index is 0.914. The van der Waals surface area contributed by atoms with Gasteiger partial charge in [-0.25, -0.2) is 0 Å². The molecule has 0 radical (unpaired) electrons. The highest BCUT2D eigenvalue weighted by Crippen LogP contribution is 2.47. The van der Waals surface area contributed by atoms with E-state index in [0.29, 0.717) is 0 Å². The van der Waals surface area contributed by atoms with Crippen LogP contribution in [0.25, 0.3) is 55.4 Å². The molecule has 0 saturated heterocycles. The van der Waals surface area contributed by atoms with Crippen molar-refractivity contribution in [2.24, 2.45) is 0 Å². The number of aryl methyl sites for hydroxylation is 1. The van der Waals surface area contributed by atoms with Crippen LogP contribution in [-0.2, 0) is 0 Å². The summed E-state index contributed by atoms with van der Waals surface area (Å²) in [6.07, 6.45) is 1.92. The molecule has 0 amide bonds. The number of benzene rings is 4. The van der Waals surface area contributed by atoms with E-state index in [0.717, 1.165) is 55.7 Å². The average molecular weight is 439 g/mol. The molecule has 6 aromatic rings. The second-order valence-corrected chi connectivity index (χ2v) is 9.05. The van der Waals surface area contributed by atoms with Crippen molar-refractivity contribution in [3.05, 3.63) is 102 Å². The van der Waals surface area contributed by atoms with Gasteiger partial charge < -0.3 is 9.73 Å². The first-order valence-corrected chi connectivity index (χ1v) is 11.6. The van der Waals surface area contributed by atoms with E-state index < -0.39 is 0 Å². The Labute approximate surface area is 197 Å². The van der Waals surface area contributed by atoms with Crippen molar-refractivity contribution in [1.82, 2.24) is 4.98 Å². The van der Waals surface area contributed by atoms with Crippen LogP contribution in [0.3, 0.4) is 0 Å². The molecule has 0 aliphatic carbocycles. The molecule has 3 nitrogen and oxygen atoms in total. The number of pyridine rings is 1. The maximum absolute atomic E-state index is 6.43. The SMILES string of the molecule is Cc1ccc(-c2ccc3c(c2)-c2cccc(c2C)-c2c(ccc4c2oc2ccccc24)N3)nc1. The fraction of sp³-hybridized carbons (Fsp3) is 0.0645. The molecule has 7 rings (SSSR count). The maximum Gasteiger partial charge on any atom is 0.145 e. The normalized spacial score (nSPS) is 12.1. The minimum atomic E-state index is 0.914. The Morgan fingerprint density at radius 2 is 1.56 bits per heavy atom. The number of furan rings is 1. The molecular weight excluding hydrogens is 416 g/mol. The van der Waals surface area contributed by atoms with E-state index in [2.05, 4.69) is 96.9 Å². The van der Waals surface area contributed by atoms with Crippen LogP contribution >= 0.6 is 0 Å². The van der Waals surface area contributed by atoms with Gasteiger partial charge in [0.2, 0.25) is 0 Å². The summed E-state index contributed by atoms with van der Waals surface area (Å²) in [4.78, 5) is 4.65. The van der Waals surface area contributed by atoms with Crippen molar-refractivity contribution >= 4 is 33.3 Å². The fourth-order valence-corrected chi connectivity index (χ4v) is 5.18. The van der Waals surface area contributed by atoms with Gasteiger partial charge in [0.25, 0.3) is 0 Å². The summed E-state index contributed by atoms with van der Waals surface area (Å²) in [5.41, 5.74) is 13.2. The summed E-state index contributed by atoms with van der Waals surface area (Å²) >= 11 is 0. The van der Waals surface area contributed by atoms with Crippen molar-refractivity contribution in [1.29, 1.82) is 0 Å². The number of hydrogen-bond acceptors (Lipinski definition) is 3. The summed E-state index contributed by atoms with van der Waals surface area (Å²) in [6, 6.07) is 29.9. The molecule has 34 heavy (non-hydrogen) atoms. The van der Waals surface area contributed by atoms with E-state index in [-0.39, 0.29) is 0 Å². The second-order valence-electron chi connectivity index (χ2n) is 9.05. The summed E-state index contributed by atoms with van der Waals surface area (Å²) in [7, 11) is 0. The van der Waals surface area contributed by atoms with Gasteiger partial charge in [0.1, 0.15) is 11.2 Å². The van der Waals surface area contributed by atoms with Crippen LogP contribution in [-0.4, -0.2) is 4.98 Å². The smallest absolute Gasteiger partial charge is 0.145 e. The fourth-order valence-electron chi connectivity index (χ4n) is 5.18. The predicted octanol–water partition coefficient (Wildman–Crippen LogP) is 8.66. The Bertz CT molecular complexity index is 1740. The van der Waals surface area contributed by atoms with Gasteiger partial charge in [-0.05, 0) is 72.5 Å². The maximum atomic E-state index is 6.43. The third-order valence-electron chi connectivity index (χ3n) is 6.94. The highest BCUT2D eigenvalue weighted by atomic mass is 16.3. The molecule has 0 spiro atoms. The highest BCUT2D eigenvalue weighted by molar-refractivity contribution is 6.13. The molecule has 4 aromatic carbocycles. The van der Waals surface area contributed by atoms with E-state index in [1.165, 1.54) is 22.3 Å². The first-order valence-electron chi connectivity index (χ1n) is 11.6. The molecule has 1 N–H and O–H groups in total. The van der Waals surface area contributed by atoms with Crippen LogP contribution in [0.2, 0.25) is 0 Å². The van der Waals surface area contributed by atoms with Crippen LogP contribution < -0.4 is 5.32 Å². The molecule has 0 saturated carbocycles. The largest absolute Gasteiger partial charge is 0.455 e. The third kappa shape index (κ3) is 2.74. The van der Waals surface area contributed by atoms with Crippen molar-refractivity contribution < 1.29 is 4.42 Å². The third-order valence-corrected chi connectivity index (χ3v) is 6.94. The number of fused-ring (bicyclic) bond motifs is 10. The molecule has 3 heterocycles. The monoisotopic (exact) mass is 438 g/mol. The topological polar surface area (TPSA) is 38.1 Å². The highest BCUT2D eigenvalue weighted by Gasteiger charge is 2.23. The van der Waals surface area contributed by atoms with E-state index in [9.17, 15) is 0 Å². The van der Waals surface area contributed by atoms with Gasteiger partial charge in [-0.1, -0.05) is 48.5 Å². The van der Waals surface area contributed by atoms with Gasteiger partial charge in [0.15, 0.2) is 0 Å². The minimum Gasteiger partial charge on any atom is -0.455 e. The van der Waals surface area contributed by atoms with Crippen molar-refractivity contribution in [2.45, 2.75) is 13.8 Å². The zero-order chi connectivity index (χ0) is 22.8. The molecule has 0 unspecified atom stereocenters. The molecule has 0 atom stereocenters. The van der Waals surface area contributed by atoms with Gasteiger partial charge in [0, 0.05) is 39.3 Å². The lowest BCUT2D eigenvalue weighted by Gasteiger charge is -2.23. The van der Waals surface area contributed by atoms with Crippen LogP contribution in [0.5, 0.6) is 0 Å². The van der Waals surface area contributed by atoms with E-state index in [4.69, 9.17) is 4.42 Å². The number of nitrogens with one attached hydrogen (secondary N) is 1. The van der Waals surface area contributed by atoms with E-state index in [1.807, 2.05) is 18.3 Å². The summed E-state index contributed by atoms with van der Waals surface area (Å²) in [6.45, 7) is 4.27. The second kappa shape index (κ2) is 7.06. The molecular formula is C31H22N2O. The summed E-state index contributed by atoms with van der Waals surface area (Å²) < 4.78 is 6.43. The Morgan fingerprint density at radius 1 is 0.706 bits per heavy atom. The first-order chi connectivity index (χ1) is 16.7. The Morgan fingerprint density at radius 3 is 2.44 bits per heavy atom. The molecule has 1 aliphatic rings. The van der Waals surface area contributed by atoms with Gasteiger partial charge in [0.05, 0.1) is 11.4 Å². The number of anilines is 2. The molecule has 1 aliphatic heterocycles. The molecule has 0 fully saturated rings. The van der Waals surface area contributed by atoms with Crippen LogP contribution in [0.15, 0.2) is 95.5 Å². The van der Waals surface area contributed by atoms with Crippen LogP contribution in [0.1, 0.15) is 11.1 Å². The van der Waals surface area contributed by atoms with Gasteiger partial charge >= 0.3 is 0 Å². The zero-order valence-electron chi connectivity index (χ0n) is 19.0.